The zero-order valence-electron chi connectivity index (χ0n) is 9.64. The molecule has 0 aliphatic rings. The van der Waals surface area contributed by atoms with E-state index < -0.39 is 12.6 Å². The molecular weight excluding hydrogens is 297 g/mol. The number of rotatable bonds is 4. The third kappa shape index (κ3) is 4.58. The summed E-state index contributed by atoms with van der Waals surface area (Å²) >= 11 is 3.28. The van der Waals surface area contributed by atoms with E-state index in [1.807, 2.05) is 13.0 Å². The van der Waals surface area contributed by atoms with Crippen LogP contribution in [-0.4, -0.2) is 13.3 Å². The minimum Gasteiger partial charge on any atom is -0.496 e. The van der Waals surface area contributed by atoms with Crippen molar-refractivity contribution in [3.63, 3.8) is 0 Å². The highest BCUT2D eigenvalue weighted by Crippen LogP contribution is 2.34. The molecule has 1 atom stereocenters. The van der Waals surface area contributed by atoms with Gasteiger partial charge in [0.2, 0.25) is 0 Å². The SMILES string of the molecule is COc1ccc(C(Br)CCC(F)(F)F)cc1C. The third-order valence-electron chi connectivity index (χ3n) is 2.46. The lowest BCUT2D eigenvalue weighted by molar-refractivity contribution is -0.135. The van der Waals surface area contributed by atoms with Crippen molar-refractivity contribution in [1.29, 1.82) is 0 Å². The van der Waals surface area contributed by atoms with E-state index in [-0.39, 0.29) is 11.2 Å². The number of ether oxygens (including phenoxy) is 1. The first-order chi connectivity index (χ1) is 7.83. The molecule has 0 aliphatic heterocycles. The summed E-state index contributed by atoms with van der Waals surface area (Å²) in [6, 6.07) is 5.39. The van der Waals surface area contributed by atoms with E-state index in [4.69, 9.17) is 4.74 Å². The van der Waals surface area contributed by atoms with Crippen LogP contribution in [0.3, 0.4) is 0 Å². The molecule has 0 saturated heterocycles. The van der Waals surface area contributed by atoms with Crippen LogP contribution in [0, 0.1) is 6.92 Å². The van der Waals surface area contributed by atoms with Gasteiger partial charge in [-0.1, -0.05) is 28.1 Å². The molecule has 0 aliphatic carbocycles. The van der Waals surface area contributed by atoms with Gasteiger partial charge < -0.3 is 4.74 Å². The fraction of sp³-hybridized carbons (Fsp3) is 0.500. The van der Waals surface area contributed by atoms with Crippen LogP contribution < -0.4 is 4.74 Å². The number of aryl methyl sites for hydroxylation is 1. The zero-order valence-corrected chi connectivity index (χ0v) is 11.2. The van der Waals surface area contributed by atoms with Crippen LogP contribution >= 0.6 is 15.9 Å². The number of hydrogen-bond donors (Lipinski definition) is 0. The highest BCUT2D eigenvalue weighted by Gasteiger charge is 2.28. The van der Waals surface area contributed by atoms with Gasteiger partial charge in [0, 0.05) is 11.2 Å². The Labute approximate surface area is 107 Å². The van der Waals surface area contributed by atoms with E-state index in [0.29, 0.717) is 0 Å². The summed E-state index contributed by atoms with van der Waals surface area (Å²) < 4.78 is 41.4. The second kappa shape index (κ2) is 5.76. The summed E-state index contributed by atoms with van der Waals surface area (Å²) in [5, 5.41) is 0. The van der Waals surface area contributed by atoms with Crippen LogP contribution in [0.15, 0.2) is 18.2 Å². The molecule has 0 radical (unpaired) electrons. The van der Waals surface area contributed by atoms with Gasteiger partial charge >= 0.3 is 6.18 Å². The predicted molar refractivity (Wildman–Crippen MR) is 64.7 cm³/mol. The van der Waals surface area contributed by atoms with Gasteiger partial charge in [-0.05, 0) is 30.5 Å². The minimum atomic E-state index is -4.10. The maximum atomic E-state index is 12.1. The Hall–Kier alpha value is -0.710. The molecule has 1 unspecified atom stereocenters. The first kappa shape index (κ1) is 14.4. The standard InChI is InChI=1S/C12H14BrF3O/c1-8-7-9(3-4-11(8)17-2)10(13)5-6-12(14,15)16/h3-4,7,10H,5-6H2,1-2H3. The van der Waals surface area contributed by atoms with Crippen molar-refractivity contribution in [2.24, 2.45) is 0 Å². The second-order valence-corrected chi connectivity index (χ2v) is 4.96. The predicted octanol–water partition coefficient (Wildman–Crippen LogP) is 4.78. The lowest BCUT2D eigenvalue weighted by Crippen LogP contribution is -2.08. The average molecular weight is 311 g/mol. The maximum Gasteiger partial charge on any atom is 0.389 e. The van der Waals surface area contributed by atoms with Crippen LogP contribution in [-0.2, 0) is 0 Å². The fourth-order valence-electron chi connectivity index (χ4n) is 1.55. The molecule has 1 aromatic rings. The molecule has 1 nitrogen and oxygen atoms in total. The van der Waals surface area contributed by atoms with Crippen LogP contribution in [0.4, 0.5) is 13.2 Å². The van der Waals surface area contributed by atoms with Crippen molar-refractivity contribution in [3.8, 4) is 5.75 Å². The molecule has 0 amide bonds. The molecule has 17 heavy (non-hydrogen) atoms. The van der Waals surface area contributed by atoms with Crippen LogP contribution in [0.1, 0.15) is 28.8 Å². The monoisotopic (exact) mass is 310 g/mol. The molecule has 5 heteroatoms. The van der Waals surface area contributed by atoms with Gasteiger partial charge in [-0.25, -0.2) is 0 Å². The molecular formula is C12H14BrF3O. The van der Waals surface area contributed by atoms with Crippen LogP contribution in [0.2, 0.25) is 0 Å². The summed E-state index contributed by atoms with van der Waals surface area (Å²) in [6.45, 7) is 1.87. The molecule has 96 valence electrons. The van der Waals surface area contributed by atoms with Gasteiger partial charge in [0.25, 0.3) is 0 Å². The highest BCUT2D eigenvalue weighted by molar-refractivity contribution is 9.09. The fourth-order valence-corrected chi connectivity index (χ4v) is 2.07. The Kier molecular flexibility index (Phi) is 4.86. The molecule has 1 aromatic carbocycles. The van der Waals surface area contributed by atoms with Gasteiger partial charge in [0.15, 0.2) is 0 Å². The maximum absolute atomic E-state index is 12.1. The smallest absolute Gasteiger partial charge is 0.389 e. The molecule has 1 rings (SSSR count). The molecule has 0 heterocycles. The van der Waals surface area contributed by atoms with Crippen molar-refractivity contribution in [2.75, 3.05) is 7.11 Å². The van der Waals surface area contributed by atoms with E-state index in [1.165, 1.54) is 0 Å². The van der Waals surface area contributed by atoms with E-state index in [1.54, 1.807) is 19.2 Å². The van der Waals surface area contributed by atoms with Gasteiger partial charge in [-0.15, -0.1) is 0 Å². The molecule has 0 fully saturated rings. The molecule has 0 saturated carbocycles. The Morgan fingerprint density at radius 1 is 1.35 bits per heavy atom. The average Bonchev–Trinajstić information content (AvgIpc) is 2.24. The molecule has 0 aromatic heterocycles. The normalized spacial score (nSPS) is 13.5. The van der Waals surface area contributed by atoms with Gasteiger partial charge in [-0.2, -0.15) is 13.2 Å². The first-order valence-corrected chi connectivity index (χ1v) is 6.10. The van der Waals surface area contributed by atoms with Gasteiger partial charge in [0.05, 0.1) is 7.11 Å². The van der Waals surface area contributed by atoms with Crippen molar-refractivity contribution >= 4 is 15.9 Å². The zero-order chi connectivity index (χ0) is 13.1. The van der Waals surface area contributed by atoms with E-state index in [2.05, 4.69) is 15.9 Å². The van der Waals surface area contributed by atoms with E-state index in [9.17, 15) is 13.2 Å². The summed E-state index contributed by atoms with van der Waals surface area (Å²) in [5.74, 6) is 0.740. The van der Waals surface area contributed by atoms with Gasteiger partial charge in [-0.3, -0.25) is 0 Å². The van der Waals surface area contributed by atoms with Crippen molar-refractivity contribution in [1.82, 2.24) is 0 Å². The van der Waals surface area contributed by atoms with E-state index in [0.717, 1.165) is 16.9 Å². The first-order valence-electron chi connectivity index (χ1n) is 5.19. The van der Waals surface area contributed by atoms with E-state index >= 15 is 0 Å². The number of alkyl halides is 4. The Balaban J connectivity index is 2.69. The summed E-state index contributed by atoms with van der Waals surface area (Å²) in [7, 11) is 1.57. The summed E-state index contributed by atoms with van der Waals surface area (Å²) in [4.78, 5) is -0.284. The molecule has 0 N–H and O–H groups in total. The Morgan fingerprint density at radius 3 is 2.47 bits per heavy atom. The van der Waals surface area contributed by atoms with Crippen molar-refractivity contribution in [2.45, 2.75) is 30.8 Å². The summed E-state index contributed by atoms with van der Waals surface area (Å²) in [6.07, 6.45) is -4.85. The number of benzene rings is 1. The third-order valence-corrected chi connectivity index (χ3v) is 3.45. The Morgan fingerprint density at radius 2 is 2.00 bits per heavy atom. The Bertz CT molecular complexity index is 377. The minimum absolute atomic E-state index is 0.0370. The van der Waals surface area contributed by atoms with Crippen molar-refractivity contribution < 1.29 is 17.9 Å². The quantitative estimate of drug-likeness (QED) is 0.727. The summed E-state index contributed by atoms with van der Waals surface area (Å²) in [5.41, 5.74) is 1.76. The number of halogens is 4. The van der Waals surface area contributed by atoms with Crippen LogP contribution in [0.25, 0.3) is 0 Å². The largest absolute Gasteiger partial charge is 0.496 e. The number of methoxy groups -OCH3 is 1. The van der Waals surface area contributed by atoms with Crippen LogP contribution in [0.5, 0.6) is 5.75 Å². The van der Waals surface area contributed by atoms with Gasteiger partial charge in [0.1, 0.15) is 5.75 Å². The second-order valence-electron chi connectivity index (χ2n) is 3.85. The lowest BCUT2D eigenvalue weighted by atomic mass is 10.0. The molecule has 0 bridgehead atoms. The lowest BCUT2D eigenvalue weighted by Gasteiger charge is -2.14. The van der Waals surface area contributed by atoms with Crippen molar-refractivity contribution in [3.05, 3.63) is 29.3 Å². The topological polar surface area (TPSA) is 9.23 Å². The highest BCUT2D eigenvalue weighted by atomic mass is 79.9. The molecule has 0 spiro atoms. The number of hydrogen-bond acceptors (Lipinski definition) is 1.